The molecule has 80 valence electrons. The predicted octanol–water partition coefficient (Wildman–Crippen LogP) is 2.98. The molecule has 0 amide bonds. The van der Waals surface area contributed by atoms with Crippen molar-refractivity contribution in [1.82, 2.24) is 0 Å². The highest BCUT2D eigenvalue weighted by Gasteiger charge is 2.16. The van der Waals surface area contributed by atoms with E-state index < -0.39 is 0 Å². The molecule has 0 aromatic heterocycles. The molecular weight excluding hydrogens is 200 g/mol. The van der Waals surface area contributed by atoms with Crippen molar-refractivity contribution in [3.05, 3.63) is 71.6 Å². The number of carbonyl (C=O) groups is 1. The average molecular weight is 212 g/mol. The Morgan fingerprint density at radius 3 is 2.50 bits per heavy atom. The number of rotatable bonds is 2. The highest BCUT2D eigenvalue weighted by atomic mass is 16.5. The van der Waals surface area contributed by atoms with Crippen molar-refractivity contribution in [3.8, 4) is 0 Å². The second-order valence-electron chi connectivity index (χ2n) is 3.65. The first-order valence-electron chi connectivity index (χ1n) is 5.04. The van der Waals surface area contributed by atoms with Crippen molar-refractivity contribution >= 4 is 5.97 Å². The molecule has 0 N–H and O–H groups in total. The Balaban J connectivity index is 2.21. The van der Waals surface area contributed by atoms with Gasteiger partial charge < -0.3 is 4.74 Å². The Labute approximate surface area is 94.6 Å². The number of hydrogen-bond acceptors (Lipinski definition) is 2. The summed E-state index contributed by atoms with van der Waals surface area (Å²) in [7, 11) is 0. The van der Waals surface area contributed by atoms with Crippen LogP contribution in [0.1, 0.15) is 6.92 Å². The summed E-state index contributed by atoms with van der Waals surface area (Å²) in [6.07, 6.45) is 13.4. The van der Waals surface area contributed by atoms with Crippen LogP contribution >= 0.6 is 0 Å². The van der Waals surface area contributed by atoms with E-state index >= 15 is 0 Å². The van der Waals surface area contributed by atoms with Crippen molar-refractivity contribution in [2.24, 2.45) is 0 Å². The molecule has 0 unspecified atom stereocenters. The summed E-state index contributed by atoms with van der Waals surface area (Å²) in [6, 6.07) is 0. The Bertz CT molecular complexity index is 483. The zero-order valence-corrected chi connectivity index (χ0v) is 9.07. The van der Waals surface area contributed by atoms with Gasteiger partial charge in [-0.3, -0.25) is 0 Å². The van der Waals surface area contributed by atoms with E-state index in [9.17, 15) is 4.79 Å². The minimum absolute atomic E-state index is 0.390. The minimum Gasteiger partial charge on any atom is -0.423 e. The molecule has 0 spiro atoms. The molecule has 0 aromatic rings. The molecular formula is C14H12O2. The van der Waals surface area contributed by atoms with Crippen LogP contribution in [0.2, 0.25) is 0 Å². The SMILES string of the molecule is C=C(C)C(=O)OC1=CC=CC1=C1C=CC=C1. The monoisotopic (exact) mass is 212 g/mol. The van der Waals surface area contributed by atoms with Gasteiger partial charge in [-0.1, -0.05) is 43.0 Å². The highest BCUT2D eigenvalue weighted by molar-refractivity contribution is 5.88. The van der Waals surface area contributed by atoms with Gasteiger partial charge >= 0.3 is 5.97 Å². The van der Waals surface area contributed by atoms with E-state index in [-0.39, 0.29) is 5.97 Å². The molecule has 0 aliphatic heterocycles. The first-order valence-corrected chi connectivity index (χ1v) is 5.04. The molecule has 2 nitrogen and oxygen atoms in total. The predicted molar refractivity (Wildman–Crippen MR) is 63.4 cm³/mol. The summed E-state index contributed by atoms with van der Waals surface area (Å²) in [5.74, 6) is 0.193. The van der Waals surface area contributed by atoms with Crippen molar-refractivity contribution in [2.75, 3.05) is 0 Å². The lowest BCUT2D eigenvalue weighted by atomic mass is 10.1. The lowest BCUT2D eigenvalue weighted by Gasteiger charge is -2.07. The summed E-state index contributed by atoms with van der Waals surface area (Å²) < 4.78 is 5.23. The van der Waals surface area contributed by atoms with Gasteiger partial charge in [0.2, 0.25) is 0 Å². The molecule has 0 bridgehead atoms. The third-order valence-electron chi connectivity index (χ3n) is 2.30. The molecule has 16 heavy (non-hydrogen) atoms. The van der Waals surface area contributed by atoms with E-state index in [4.69, 9.17) is 4.74 Å². The van der Waals surface area contributed by atoms with Crippen LogP contribution in [0.25, 0.3) is 0 Å². The summed E-state index contributed by atoms with van der Waals surface area (Å²) in [5, 5.41) is 0. The molecule has 0 saturated heterocycles. The quantitative estimate of drug-likeness (QED) is 0.519. The largest absolute Gasteiger partial charge is 0.423 e. The van der Waals surface area contributed by atoms with Crippen molar-refractivity contribution in [3.63, 3.8) is 0 Å². The lowest BCUT2D eigenvalue weighted by molar-refractivity contribution is -0.134. The van der Waals surface area contributed by atoms with Gasteiger partial charge in [0.25, 0.3) is 0 Å². The van der Waals surface area contributed by atoms with E-state index in [1.165, 1.54) is 0 Å². The average Bonchev–Trinajstić information content (AvgIpc) is 2.85. The maximum atomic E-state index is 11.4. The third kappa shape index (κ3) is 1.96. The summed E-state index contributed by atoms with van der Waals surface area (Å²) in [6.45, 7) is 5.19. The number of allylic oxidation sites excluding steroid dienone is 8. The maximum absolute atomic E-state index is 11.4. The van der Waals surface area contributed by atoms with Crippen LogP contribution < -0.4 is 0 Å². The Morgan fingerprint density at radius 2 is 1.88 bits per heavy atom. The molecule has 0 fully saturated rings. The van der Waals surface area contributed by atoms with Gasteiger partial charge in [0.15, 0.2) is 0 Å². The summed E-state index contributed by atoms with van der Waals surface area (Å²) in [4.78, 5) is 11.4. The minimum atomic E-state index is -0.390. The molecule has 2 heteroatoms. The van der Waals surface area contributed by atoms with Crippen LogP contribution in [-0.2, 0) is 9.53 Å². The molecule has 2 aliphatic carbocycles. The fourth-order valence-corrected chi connectivity index (χ4v) is 1.47. The van der Waals surface area contributed by atoms with Crippen molar-refractivity contribution in [1.29, 1.82) is 0 Å². The van der Waals surface area contributed by atoms with E-state index in [0.717, 1.165) is 11.1 Å². The summed E-state index contributed by atoms with van der Waals surface area (Å²) in [5.41, 5.74) is 2.38. The molecule has 0 atom stereocenters. The van der Waals surface area contributed by atoms with E-state index in [2.05, 4.69) is 6.58 Å². The van der Waals surface area contributed by atoms with Gasteiger partial charge in [0.05, 0.1) is 0 Å². The molecule has 0 saturated carbocycles. The van der Waals surface area contributed by atoms with Crippen LogP contribution in [0.4, 0.5) is 0 Å². The van der Waals surface area contributed by atoms with Crippen LogP contribution in [0.15, 0.2) is 71.6 Å². The van der Waals surface area contributed by atoms with E-state index in [1.807, 2.05) is 36.5 Å². The standard InChI is InChI=1S/C14H12O2/c1-10(2)14(15)16-13-9-5-8-12(13)11-6-3-4-7-11/h3-9H,1H2,2H3. The fourth-order valence-electron chi connectivity index (χ4n) is 1.47. The normalized spacial score (nSPS) is 16.9. The van der Waals surface area contributed by atoms with Crippen molar-refractivity contribution < 1.29 is 9.53 Å². The zero-order chi connectivity index (χ0) is 11.5. The number of carbonyl (C=O) groups excluding carboxylic acids is 1. The van der Waals surface area contributed by atoms with Crippen LogP contribution in [0, 0.1) is 0 Å². The Hall–Kier alpha value is -2.09. The fraction of sp³-hybridized carbons (Fsp3) is 0.0714. The number of ether oxygens (including phenoxy) is 1. The van der Waals surface area contributed by atoms with Gasteiger partial charge in [-0.05, 0) is 18.6 Å². The second-order valence-corrected chi connectivity index (χ2v) is 3.65. The second kappa shape index (κ2) is 4.19. The van der Waals surface area contributed by atoms with Crippen molar-refractivity contribution in [2.45, 2.75) is 6.92 Å². The first kappa shape index (κ1) is 10.4. The summed E-state index contributed by atoms with van der Waals surface area (Å²) >= 11 is 0. The number of esters is 1. The van der Waals surface area contributed by atoms with E-state index in [1.54, 1.807) is 13.0 Å². The molecule has 0 heterocycles. The highest BCUT2D eigenvalue weighted by Crippen LogP contribution is 2.26. The van der Waals surface area contributed by atoms with Gasteiger partial charge in [0, 0.05) is 11.1 Å². The van der Waals surface area contributed by atoms with Crippen LogP contribution in [0.5, 0.6) is 0 Å². The molecule has 2 aliphatic rings. The molecule has 0 radical (unpaired) electrons. The molecule has 2 rings (SSSR count). The van der Waals surface area contributed by atoms with Crippen LogP contribution in [-0.4, -0.2) is 5.97 Å². The smallest absolute Gasteiger partial charge is 0.338 e. The van der Waals surface area contributed by atoms with Gasteiger partial charge in [-0.2, -0.15) is 0 Å². The number of hydrogen-bond donors (Lipinski definition) is 0. The first-order chi connectivity index (χ1) is 7.68. The van der Waals surface area contributed by atoms with Gasteiger partial charge in [-0.15, -0.1) is 0 Å². The van der Waals surface area contributed by atoms with Crippen LogP contribution in [0.3, 0.4) is 0 Å². The lowest BCUT2D eigenvalue weighted by Crippen LogP contribution is -2.05. The third-order valence-corrected chi connectivity index (χ3v) is 2.30. The molecule has 0 aromatic carbocycles. The van der Waals surface area contributed by atoms with Gasteiger partial charge in [0.1, 0.15) is 5.76 Å². The Morgan fingerprint density at radius 1 is 1.19 bits per heavy atom. The maximum Gasteiger partial charge on any atom is 0.338 e. The van der Waals surface area contributed by atoms with Gasteiger partial charge in [-0.25, -0.2) is 4.79 Å². The van der Waals surface area contributed by atoms with E-state index in [0.29, 0.717) is 11.3 Å². The zero-order valence-electron chi connectivity index (χ0n) is 9.07. The Kier molecular flexibility index (Phi) is 2.73. The topological polar surface area (TPSA) is 26.3 Å².